The second kappa shape index (κ2) is 12.2. The van der Waals surface area contributed by atoms with Crippen LogP contribution in [0.2, 0.25) is 0 Å². The van der Waals surface area contributed by atoms with Crippen molar-refractivity contribution in [1.29, 1.82) is 0 Å². The highest BCUT2D eigenvalue weighted by Crippen LogP contribution is 2.44. The molecule has 1 saturated carbocycles. The Morgan fingerprint density at radius 2 is 1.76 bits per heavy atom. The SMILES string of the molecule is CCN(CC)C(=O)CC(CC1(C(=O)NC2CCc3ccccc3N(CC(=O)O)C2=O)CCCC1)C(=O)O. The first-order valence-electron chi connectivity index (χ1n) is 13.0. The van der Waals surface area contributed by atoms with E-state index in [2.05, 4.69) is 5.32 Å². The van der Waals surface area contributed by atoms with Gasteiger partial charge in [0.2, 0.25) is 17.7 Å². The maximum Gasteiger partial charge on any atom is 0.323 e. The van der Waals surface area contributed by atoms with Gasteiger partial charge in [0.05, 0.1) is 11.3 Å². The average molecular weight is 516 g/mol. The standard InChI is InChI=1S/C27H37N3O7/c1-3-29(4-2)22(31)15-19(25(35)36)16-27(13-7-8-14-27)26(37)28-20-12-11-18-9-5-6-10-21(18)30(24(20)34)17-23(32)33/h5-6,9-10,19-20H,3-4,7-8,11-17H2,1-2H3,(H,28,37)(H,32,33)(H,35,36). The molecule has 3 amide bonds. The number of para-hydroxylation sites is 1. The summed E-state index contributed by atoms with van der Waals surface area (Å²) < 4.78 is 0. The van der Waals surface area contributed by atoms with Gasteiger partial charge in [-0.1, -0.05) is 31.0 Å². The Bertz CT molecular complexity index is 1030. The third-order valence-electron chi connectivity index (χ3n) is 7.71. The van der Waals surface area contributed by atoms with E-state index in [-0.39, 0.29) is 18.7 Å². The van der Waals surface area contributed by atoms with E-state index >= 15 is 0 Å². The van der Waals surface area contributed by atoms with E-state index in [9.17, 15) is 34.2 Å². The molecule has 1 fully saturated rings. The molecule has 1 aliphatic carbocycles. The van der Waals surface area contributed by atoms with Crippen molar-refractivity contribution in [1.82, 2.24) is 10.2 Å². The Hall–Kier alpha value is -3.43. The summed E-state index contributed by atoms with van der Waals surface area (Å²) in [6, 6.07) is 6.16. The lowest BCUT2D eigenvalue weighted by molar-refractivity contribution is -0.149. The van der Waals surface area contributed by atoms with E-state index in [0.717, 1.165) is 18.4 Å². The van der Waals surface area contributed by atoms with E-state index in [1.165, 1.54) is 4.90 Å². The number of hydrogen-bond donors (Lipinski definition) is 3. The van der Waals surface area contributed by atoms with Crippen molar-refractivity contribution in [2.75, 3.05) is 24.5 Å². The fourth-order valence-corrected chi connectivity index (χ4v) is 5.67. The lowest BCUT2D eigenvalue weighted by Gasteiger charge is -2.33. The number of fused-ring (bicyclic) bond motifs is 1. The number of rotatable bonds is 11. The van der Waals surface area contributed by atoms with Gasteiger partial charge in [0, 0.05) is 25.2 Å². The molecule has 10 heteroatoms. The van der Waals surface area contributed by atoms with Gasteiger partial charge >= 0.3 is 11.9 Å². The maximum absolute atomic E-state index is 13.7. The molecule has 1 heterocycles. The molecule has 10 nitrogen and oxygen atoms in total. The van der Waals surface area contributed by atoms with Crippen molar-refractivity contribution in [3.63, 3.8) is 0 Å². The lowest BCUT2D eigenvalue weighted by atomic mass is 9.75. The van der Waals surface area contributed by atoms with E-state index in [0.29, 0.717) is 44.5 Å². The van der Waals surface area contributed by atoms with E-state index in [1.54, 1.807) is 17.0 Å². The average Bonchev–Trinajstić information content (AvgIpc) is 3.30. The molecule has 2 aliphatic rings. The monoisotopic (exact) mass is 515 g/mol. The number of nitrogens with one attached hydrogen (secondary N) is 1. The smallest absolute Gasteiger partial charge is 0.323 e. The minimum absolute atomic E-state index is 0.0150. The van der Waals surface area contributed by atoms with Gasteiger partial charge in [-0.15, -0.1) is 0 Å². The summed E-state index contributed by atoms with van der Waals surface area (Å²) in [6.07, 6.45) is 3.06. The Morgan fingerprint density at radius 3 is 2.35 bits per heavy atom. The zero-order chi connectivity index (χ0) is 27.2. The molecule has 1 aliphatic heterocycles. The topological polar surface area (TPSA) is 144 Å². The number of aryl methyl sites for hydroxylation is 1. The van der Waals surface area contributed by atoms with Crippen LogP contribution in [0.25, 0.3) is 0 Å². The van der Waals surface area contributed by atoms with Crippen molar-refractivity contribution in [2.45, 2.75) is 71.3 Å². The van der Waals surface area contributed by atoms with Gasteiger partial charge in [-0.05, 0) is 57.6 Å². The maximum atomic E-state index is 13.7. The van der Waals surface area contributed by atoms with Gasteiger partial charge in [-0.2, -0.15) is 0 Å². The molecule has 3 N–H and O–H groups in total. The molecule has 37 heavy (non-hydrogen) atoms. The third-order valence-corrected chi connectivity index (χ3v) is 7.71. The molecular weight excluding hydrogens is 478 g/mol. The van der Waals surface area contributed by atoms with Crippen LogP contribution in [0.3, 0.4) is 0 Å². The predicted molar refractivity (Wildman–Crippen MR) is 136 cm³/mol. The normalized spacial score (nSPS) is 19.5. The zero-order valence-corrected chi connectivity index (χ0v) is 21.6. The molecule has 0 spiro atoms. The molecular formula is C27H37N3O7. The minimum atomic E-state index is -1.16. The second-order valence-electron chi connectivity index (χ2n) is 10.0. The first-order chi connectivity index (χ1) is 17.6. The van der Waals surface area contributed by atoms with Crippen LogP contribution in [0.5, 0.6) is 0 Å². The van der Waals surface area contributed by atoms with Gasteiger partial charge in [0.25, 0.3) is 0 Å². The number of benzene rings is 1. The number of nitrogens with zero attached hydrogens (tertiary/aromatic N) is 2. The zero-order valence-electron chi connectivity index (χ0n) is 21.6. The summed E-state index contributed by atoms with van der Waals surface area (Å²) >= 11 is 0. The number of amides is 3. The lowest BCUT2D eigenvalue weighted by Crippen LogP contribution is -2.53. The minimum Gasteiger partial charge on any atom is -0.481 e. The fraction of sp³-hybridized carbons (Fsp3) is 0.593. The highest BCUT2D eigenvalue weighted by atomic mass is 16.4. The summed E-state index contributed by atoms with van der Waals surface area (Å²) in [6.45, 7) is 4.10. The van der Waals surface area contributed by atoms with Gasteiger partial charge in [-0.3, -0.25) is 28.9 Å². The van der Waals surface area contributed by atoms with Crippen LogP contribution < -0.4 is 10.2 Å². The quantitative estimate of drug-likeness (QED) is 0.410. The summed E-state index contributed by atoms with van der Waals surface area (Å²) in [7, 11) is 0. The highest BCUT2D eigenvalue weighted by Gasteiger charge is 2.46. The summed E-state index contributed by atoms with van der Waals surface area (Å²) in [5.41, 5.74) is 0.345. The predicted octanol–water partition coefficient (Wildman–Crippen LogP) is 2.44. The Kier molecular flexibility index (Phi) is 9.29. The van der Waals surface area contributed by atoms with Crippen LogP contribution in [0.1, 0.15) is 64.4 Å². The van der Waals surface area contributed by atoms with E-state index in [1.807, 2.05) is 26.0 Å². The van der Waals surface area contributed by atoms with Gasteiger partial charge < -0.3 is 20.4 Å². The van der Waals surface area contributed by atoms with Crippen LogP contribution in [0, 0.1) is 11.3 Å². The molecule has 0 aromatic heterocycles. The Balaban J connectivity index is 1.81. The van der Waals surface area contributed by atoms with E-state index in [4.69, 9.17) is 0 Å². The van der Waals surface area contributed by atoms with Crippen molar-refractivity contribution >= 4 is 35.3 Å². The number of aliphatic carboxylic acids is 2. The Labute approximate surface area is 217 Å². The highest BCUT2D eigenvalue weighted by molar-refractivity contribution is 6.03. The molecule has 2 atom stereocenters. The molecule has 2 unspecified atom stereocenters. The molecule has 0 bridgehead atoms. The van der Waals surface area contributed by atoms with Crippen LogP contribution in [-0.4, -0.2) is 70.4 Å². The first-order valence-corrected chi connectivity index (χ1v) is 13.0. The number of carboxylic acid groups (broad SMARTS) is 2. The summed E-state index contributed by atoms with van der Waals surface area (Å²) in [5.74, 6) is -4.45. The molecule has 202 valence electrons. The van der Waals surface area contributed by atoms with E-state index < -0.39 is 47.7 Å². The van der Waals surface area contributed by atoms with Crippen LogP contribution in [-0.2, 0) is 30.4 Å². The first kappa shape index (κ1) is 28.1. The number of anilines is 1. The van der Waals surface area contributed by atoms with Gasteiger partial charge in [0.1, 0.15) is 12.6 Å². The number of hydrogen-bond acceptors (Lipinski definition) is 5. The van der Waals surface area contributed by atoms with Crippen molar-refractivity contribution in [2.24, 2.45) is 11.3 Å². The number of carboxylic acids is 2. The fourth-order valence-electron chi connectivity index (χ4n) is 5.67. The van der Waals surface area contributed by atoms with Crippen molar-refractivity contribution in [3.05, 3.63) is 29.8 Å². The van der Waals surface area contributed by atoms with Crippen molar-refractivity contribution in [3.8, 4) is 0 Å². The Morgan fingerprint density at radius 1 is 1.11 bits per heavy atom. The third kappa shape index (κ3) is 6.47. The van der Waals surface area contributed by atoms with Gasteiger partial charge in [-0.25, -0.2) is 0 Å². The van der Waals surface area contributed by atoms with Crippen molar-refractivity contribution < 1.29 is 34.2 Å². The molecule has 0 radical (unpaired) electrons. The van der Waals surface area contributed by atoms with Crippen LogP contribution in [0.4, 0.5) is 5.69 Å². The van der Waals surface area contributed by atoms with Crippen LogP contribution >= 0.6 is 0 Å². The summed E-state index contributed by atoms with van der Waals surface area (Å²) in [4.78, 5) is 66.2. The largest absolute Gasteiger partial charge is 0.481 e. The molecule has 0 saturated heterocycles. The van der Waals surface area contributed by atoms with Crippen LogP contribution in [0.15, 0.2) is 24.3 Å². The number of carbonyl (C=O) groups is 5. The molecule has 1 aromatic rings. The second-order valence-corrected chi connectivity index (χ2v) is 10.0. The summed E-state index contributed by atoms with van der Waals surface area (Å²) in [5, 5.41) is 22.2. The molecule has 3 rings (SSSR count). The molecule has 1 aromatic carbocycles. The van der Waals surface area contributed by atoms with Gasteiger partial charge in [0.15, 0.2) is 0 Å². The number of carbonyl (C=O) groups excluding carboxylic acids is 3.